The minimum absolute atomic E-state index is 0.318. The zero-order valence-corrected chi connectivity index (χ0v) is 12.3. The van der Waals surface area contributed by atoms with Crippen LogP contribution in [0.5, 0.6) is 0 Å². The van der Waals surface area contributed by atoms with Gasteiger partial charge in [-0.05, 0) is 30.7 Å². The van der Waals surface area contributed by atoms with Gasteiger partial charge in [0.2, 0.25) is 0 Å². The minimum atomic E-state index is -0.708. The van der Waals surface area contributed by atoms with Crippen molar-refractivity contribution in [3.05, 3.63) is 71.8 Å². The Bertz CT molecular complexity index is 513. The topological polar surface area (TPSA) is 72.8 Å². The zero-order chi connectivity index (χ0) is 16.2. The van der Waals surface area contributed by atoms with Crippen molar-refractivity contribution in [3.63, 3.8) is 0 Å². The highest BCUT2D eigenvalue weighted by Crippen LogP contribution is 2.05. The number of benzene rings is 2. The number of rotatable bonds is 3. The van der Waals surface area contributed by atoms with E-state index >= 15 is 0 Å². The lowest BCUT2D eigenvalue weighted by Gasteiger charge is -2.02. The first-order valence-electron chi connectivity index (χ1n) is 6.83. The van der Waals surface area contributed by atoms with Gasteiger partial charge in [-0.25, -0.2) is 19.4 Å². The van der Waals surface area contributed by atoms with Crippen LogP contribution in [0.1, 0.15) is 34.1 Å². The molecule has 0 aliphatic heterocycles. The van der Waals surface area contributed by atoms with Gasteiger partial charge in [-0.2, -0.15) is 0 Å². The van der Waals surface area contributed by atoms with Gasteiger partial charge in [0.15, 0.2) is 0 Å². The lowest BCUT2D eigenvalue weighted by Crippen LogP contribution is -2.11. The minimum Gasteiger partial charge on any atom is -0.396 e. The second-order valence-corrected chi connectivity index (χ2v) is 4.20. The van der Waals surface area contributed by atoms with E-state index in [2.05, 4.69) is 9.78 Å². The van der Waals surface area contributed by atoms with Gasteiger partial charge in [0, 0.05) is 6.61 Å². The van der Waals surface area contributed by atoms with E-state index < -0.39 is 11.9 Å². The largest absolute Gasteiger partial charge is 0.396 e. The second-order valence-electron chi connectivity index (χ2n) is 4.20. The predicted octanol–water partition coefficient (Wildman–Crippen LogP) is 3.00. The number of carbonyl (C=O) groups excluding carboxylic acids is 2. The summed E-state index contributed by atoms with van der Waals surface area (Å²) in [4.78, 5) is 31.9. The molecule has 0 bridgehead atoms. The standard InChI is InChI=1S/C14H10O4.C3H8O/c15-13(11-7-3-1-4-8-11)17-18-14(16)12-9-5-2-6-10-12;1-2-3-4/h1-10H;4H,2-3H2,1H3. The fourth-order valence-corrected chi connectivity index (χ4v) is 1.32. The lowest BCUT2D eigenvalue weighted by molar-refractivity contribution is -0.187. The average Bonchev–Trinajstić information content (AvgIpc) is 2.61. The molecule has 0 heterocycles. The molecule has 116 valence electrons. The smallest absolute Gasteiger partial charge is 0.386 e. The summed E-state index contributed by atoms with van der Waals surface area (Å²) in [5.74, 6) is -1.42. The Morgan fingerprint density at radius 1 is 0.818 bits per heavy atom. The number of hydrogen-bond acceptors (Lipinski definition) is 5. The summed E-state index contributed by atoms with van der Waals surface area (Å²) in [5.41, 5.74) is 0.636. The molecule has 0 aliphatic carbocycles. The monoisotopic (exact) mass is 302 g/mol. The molecular formula is C17H18O5. The van der Waals surface area contributed by atoms with Crippen LogP contribution in [-0.2, 0) is 9.78 Å². The molecule has 0 spiro atoms. The molecule has 2 rings (SSSR count). The summed E-state index contributed by atoms with van der Waals surface area (Å²) in [6, 6.07) is 16.6. The van der Waals surface area contributed by atoms with E-state index in [4.69, 9.17) is 5.11 Å². The van der Waals surface area contributed by atoms with Crippen LogP contribution in [0.2, 0.25) is 0 Å². The lowest BCUT2D eigenvalue weighted by atomic mass is 10.2. The van der Waals surface area contributed by atoms with Gasteiger partial charge >= 0.3 is 11.9 Å². The molecule has 0 unspecified atom stereocenters. The fourth-order valence-electron chi connectivity index (χ4n) is 1.32. The van der Waals surface area contributed by atoms with E-state index in [1.54, 1.807) is 60.7 Å². The molecular weight excluding hydrogens is 284 g/mol. The van der Waals surface area contributed by atoms with Gasteiger partial charge < -0.3 is 5.11 Å². The summed E-state index contributed by atoms with van der Waals surface area (Å²) >= 11 is 0. The molecule has 0 saturated carbocycles. The van der Waals surface area contributed by atoms with E-state index in [0.29, 0.717) is 17.7 Å². The highest BCUT2D eigenvalue weighted by molar-refractivity contribution is 5.92. The van der Waals surface area contributed by atoms with Crippen molar-refractivity contribution in [2.75, 3.05) is 6.61 Å². The molecule has 2 aromatic rings. The van der Waals surface area contributed by atoms with Crippen LogP contribution in [0, 0.1) is 0 Å². The number of aliphatic hydroxyl groups is 1. The normalized spacial score (nSPS) is 9.18. The molecule has 0 fully saturated rings. The number of aliphatic hydroxyl groups excluding tert-OH is 1. The maximum atomic E-state index is 11.5. The summed E-state index contributed by atoms with van der Waals surface area (Å²) in [5, 5.41) is 7.88. The van der Waals surface area contributed by atoms with E-state index in [9.17, 15) is 9.59 Å². The van der Waals surface area contributed by atoms with Crippen molar-refractivity contribution in [2.45, 2.75) is 13.3 Å². The molecule has 0 saturated heterocycles. The number of hydrogen-bond donors (Lipinski definition) is 1. The SMILES string of the molecule is CCCO.O=C(OOC(=O)c1ccccc1)c1ccccc1. The fraction of sp³-hybridized carbons (Fsp3) is 0.176. The van der Waals surface area contributed by atoms with Gasteiger partial charge in [-0.3, -0.25) is 0 Å². The Morgan fingerprint density at radius 3 is 1.41 bits per heavy atom. The quantitative estimate of drug-likeness (QED) is 0.697. The molecule has 5 heteroatoms. The van der Waals surface area contributed by atoms with Crippen LogP contribution in [0.15, 0.2) is 60.7 Å². The Morgan fingerprint density at radius 2 is 1.14 bits per heavy atom. The summed E-state index contributed by atoms with van der Waals surface area (Å²) in [7, 11) is 0. The Hall–Kier alpha value is -2.66. The Balaban J connectivity index is 0.000000541. The molecule has 2 aromatic carbocycles. The first-order valence-corrected chi connectivity index (χ1v) is 6.83. The molecule has 0 atom stereocenters. The van der Waals surface area contributed by atoms with Crippen molar-refractivity contribution in [3.8, 4) is 0 Å². The third-order valence-electron chi connectivity index (χ3n) is 2.44. The van der Waals surface area contributed by atoms with Gasteiger partial charge in [-0.15, -0.1) is 0 Å². The van der Waals surface area contributed by atoms with Crippen molar-refractivity contribution in [1.29, 1.82) is 0 Å². The van der Waals surface area contributed by atoms with E-state index in [0.717, 1.165) is 6.42 Å². The maximum Gasteiger partial charge on any atom is 0.386 e. The molecule has 5 nitrogen and oxygen atoms in total. The Kier molecular flexibility index (Phi) is 8.00. The molecule has 1 N–H and O–H groups in total. The third kappa shape index (κ3) is 6.19. The summed E-state index contributed by atoms with van der Waals surface area (Å²) < 4.78 is 0. The van der Waals surface area contributed by atoms with Gasteiger partial charge in [0.05, 0.1) is 11.1 Å². The van der Waals surface area contributed by atoms with Crippen LogP contribution in [0.25, 0.3) is 0 Å². The average molecular weight is 302 g/mol. The molecule has 0 aliphatic rings. The van der Waals surface area contributed by atoms with E-state index in [1.807, 2.05) is 6.92 Å². The Labute approximate surface area is 129 Å². The van der Waals surface area contributed by atoms with Crippen molar-refractivity contribution < 1.29 is 24.5 Å². The number of carbonyl (C=O) groups is 2. The first kappa shape index (κ1) is 17.4. The summed E-state index contributed by atoms with van der Waals surface area (Å²) in [6.07, 6.45) is 0.875. The second kappa shape index (κ2) is 10.1. The van der Waals surface area contributed by atoms with Crippen molar-refractivity contribution >= 4 is 11.9 Å². The van der Waals surface area contributed by atoms with Crippen LogP contribution in [-0.4, -0.2) is 23.7 Å². The molecule has 0 radical (unpaired) electrons. The highest BCUT2D eigenvalue weighted by Gasteiger charge is 2.12. The van der Waals surface area contributed by atoms with Gasteiger partial charge in [-0.1, -0.05) is 43.3 Å². The summed E-state index contributed by atoms with van der Waals surface area (Å²) in [6.45, 7) is 2.25. The van der Waals surface area contributed by atoms with Crippen LogP contribution >= 0.6 is 0 Å². The maximum absolute atomic E-state index is 11.5. The van der Waals surface area contributed by atoms with Gasteiger partial charge in [0.25, 0.3) is 0 Å². The van der Waals surface area contributed by atoms with Crippen molar-refractivity contribution in [2.24, 2.45) is 0 Å². The van der Waals surface area contributed by atoms with Crippen LogP contribution in [0.4, 0.5) is 0 Å². The zero-order valence-electron chi connectivity index (χ0n) is 12.3. The van der Waals surface area contributed by atoms with Crippen LogP contribution in [0.3, 0.4) is 0 Å². The van der Waals surface area contributed by atoms with Gasteiger partial charge in [0.1, 0.15) is 0 Å². The predicted molar refractivity (Wildman–Crippen MR) is 81.1 cm³/mol. The molecule has 22 heavy (non-hydrogen) atoms. The van der Waals surface area contributed by atoms with Crippen LogP contribution < -0.4 is 0 Å². The first-order chi connectivity index (χ1) is 10.7. The molecule has 0 amide bonds. The van der Waals surface area contributed by atoms with E-state index in [1.165, 1.54) is 0 Å². The molecule has 0 aromatic heterocycles. The van der Waals surface area contributed by atoms with Crippen molar-refractivity contribution in [1.82, 2.24) is 0 Å². The third-order valence-corrected chi connectivity index (χ3v) is 2.44. The van der Waals surface area contributed by atoms with E-state index in [-0.39, 0.29) is 0 Å². The highest BCUT2D eigenvalue weighted by atomic mass is 17.2.